The zero-order chi connectivity index (χ0) is 13.9. The fraction of sp³-hybridized carbons (Fsp3) is 0.438. The van der Waals surface area contributed by atoms with Crippen molar-refractivity contribution in [3.63, 3.8) is 0 Å². The van der Waals surface area contributed by atoms with E-state index in [-0.39, 0.29) is 5.91 Å². The quantitative estimate of drug-likeness (QED) is 0.796. The zero-order valence-corrected chi connectivity index (χ0v) is 12.1. The Hall–Kier alpha value is -1.48. The molecule has 0 spiro atoms. The highest BCUT2D eigenvalue weighted by molar-refractivity contribution is 6.17. The first-order valence-electron chi connectivity index (χ1n) is 7.14. The summed E-state index contributed by atoms with van der Waals surface area (Å²) in [4.78, 5) is 14.7. The van der Waals surface area contributed by atoms with E-state index in [2.05, 4.69) is 0 Å². The highest BCUT2D eigenvalue weighted by Gasteiger charge is 2.30. The lowest BCUT2D eigenvalue weighted by Crippen LogP contribution is -2.35. The zero-order valence-electron chi connectivity index (χ0n) is 11.3. The van der Waals surface area contributed by atoms with Gasteiger partial charge in [0, 0.05) is 23.9 Å². The first kappa shape index (κ1) is 13.5. The molecule has 2 heterocycles. The van der Waals surface area contributed by atoms with Crippen molar-refractivity contribution in [2.75, 3.05) is 12.4 Å². The molecule has 1 aromatic heterocycles. The van der Waals surface area contributed by atoms with Crippen LogP contribution in [-0.2, 0) is 0 Å². The van der Waals surface area contributed by atoms with Gasteiger partial charge in [-0.05, 0) is 31.7 Å². The number of hydrogen-bond acceptors (Lipinski definition) is 2. The molecule has 0 radical (unpaired) electrons. The van der Waals surface area contributed by atoms with Gasteiger partial charge in [-0.25, -0.2) is 0 Å². The van der Waals surface area contributed by atoms with Gasteiger partial charge < -0.3 is 9.32 Å². The minimum Gasteiger partial charge on any atom is -0.463 e. The Morgan fingerprint density at radius 2 is 2.25 bits per heavy atom. The van der Waals surface area contributed by atoms with E-state index in [1.165, 1.54) is 0 Å². The summed E-state index contributed by atoms with van der Waals surface area (Å²) in [6.07, 6.45) is 5.70. The second-order valence-electron chi connectivity index (χ2n) is 5.27. The van der Waals surface area contributed by atoms with Crippen LogP contribution in [0.15, 0.2) is 34.9 Å². The van der Waals surface area contributed by atoms with E-state index >= 15 is 0 Å². The SMILES string of the molecule is O=C(c1coc2ccccc12)N1CCCC1CCCCl. The number of hydrogen-bond donors (Lipinski definition) is 0. The maximum absolute atomic E-state index is 12.7. The minimum absolute atomic E-state index is 0.0898. The molecule has 0 bridgehead atoms. The monoisotopic (exact) mass is 291 g/mol. The summed E-state index contributed by atoms with van der Waals surface area (Å²) in [7, 11) is 0. The highest BCUT2D eigenvalue weighted by Crippen LogP contribution is 2.27. The normalized spacial score (nSPS) is 18.9. The molecule has 3 rings (SSSR count). The molecule has 0 aliphatic carbocycles. The van der Waals surface area contributed by atoms with E-state index in [9.17, 15) is 4.79 Å². The van der Waals surface area contributed by atoms with E-state index in [0.29, 0.717) is 17.5 Å². The molecule has 0 N–H and O–H groups in total. The summed E-state index contributed by atoms with van der Waals surface area (Å²) in [5, 5.41) is 0.903. The lowest BCUT2D eigenvalue weighted by Gasteiger charge is -2.24. The standard InChI is InChI=1S/C16H18ClNO2/c17-9-3-5-12-6-4-10-18(12)16(19)14-11-20-15-8-2-1-7-13(14)15/h1-2,7-8,11-12H,3-6,9-10H2. The van der Waals surface area contributed by atoms with Crippen LogP contribution in [0.5, 0.6) is 0 Å². The largest absolute Gasteiger partial charge is 0.463 e. The first-order chi connectivity index (χ1) is 9.81. The lowest BCUT2D eigenvalue weighted by molar-refractivity contribution is 0.0731. The number of amides is 1. The fourth-order valence-electron chi connectivity index (χ4n) is 3.01. The molecule has 1 saturated heterocycles. The summed E-state index contributed by atoms with van der Waals surface area (Å²) >= 11 is 5.77. The van der Waals surface area contributed by atoms with E-state index in [1.807, 2.05) is 29.2 Å². The van der Waals surface area contributed by atoms with Crippen molar-refractivity contribution in [1.29, 1.82) is 0 Å². The number of carbonyl (C=O) groups is 1. The number of halogens is 1. The number of carbonyl (C=O) groups excluding carboxylic acids is 1. The predicted octanol–water partition coefficient (Wildman–Crippen LogP) is 4.06. The third-order valence-electron chi connectivity index (χ3n) is 4.02. The summed E-state index contributed by atoms with van der Waals surface area (Å²) < 4.78 is 5.48. The van der Waals surface area contributed by atoms with Crippen molar-refractivity contribution < 1.29 is 9.21 Å². The van der Waals surface area contributed by atoms with Crippen molar-refractivity contribution in [1.82, 2.24) is 4.90 Å². The minimum atomic E-state index is 0.0898. The molecule has 1 fully saturated rings. The highest BCUT2D eigenvalue weighted by atomic mass is 35.5. The van der Waals surface area contributed by atoms with Gasteiger partial charge in [0.25, 0.3) is 5.91 Å². The van der Waals surface area contributed by atoms with Crippen molar-refractivity contribution in [3.8, 4) is 0 Å². The maximum atomic E-state index is 12.7. The molecule has 2 aromatic rings. The predicted molar refractivity (Wildman–Crippen MR) is 80.2 cm³/mol. The van der Waals surface area contributed by atoms with Gasteiger partial charge in [-0.15, -0.1) is 11.6 Å². The molecule has 4 heteroatoms. The number of likely N-dealkylation sites (tertiary alicyclic amines) is 1. The van der Waals surface area contributed by atoms with Crippen LogP contribution in [0, 0.1) is 0 Å². The van der Waals surface area contributed by atoms with Crippen LogP contribution >= 0.6 is 11.6 Å². The number of benzene rings is 1. The molecule has 1 amide bonds. The topological polar surface area (TPSA) is 33.5 Å². The molecule has 106 valence electrons. The number of para-hydroxylation sites is 1. The average Bonchev–Trinajstić information content (AvgIpc) is 3.11. The Bertz CT molecular complexity index is 607. The second-order valence-corrected chi connectivity index (χ2v) is 5.65. The molecule has 0 saturated carbocycles. The molecule has 1 aliphatic heterocycles. The van der Waals surface area contributed by atoms with Crippen molar-refractivity contribution in [2.45, 2.75) is 31.7 Å². The Balaban J connectivity index is 1.84. The van der Waals surface area contributed by atoms with E-state index in [0.717, 1.165) is 43.2 Å². The molecular weight excluding hydrogens is 274 g/mol. The summed E-state index contributed by atoms with van der Waals surface area (Å²) in [5.74, 6) is 0.750. The molecular formula is C16H18ClNO2. The van der Waals surface area contributed by atoms with Gasteiger partial charge in [-0.2, -0.15) is 0 Å². The Kier molecular flexibility index (Phi) is 3.97. The fourth-order valence-corrected chi connectivity index (χ4v) is 3.17. The van der Waals surface area contributed by atoms with Gasteiger partial charge in [0.1, 0.15) is 11.8 Å². The first-order valence-corrected chi connectivity index (χ1v) is 7.68. The summed E-state index contributed by atoms with van der Waals surface area (Å²) in [6, 6.07) is 8.01. The van der Waals surface area contributed by atoms with E-state index in [1.54, 1.807) is 6.26 Å². The van der Waals surface area contributed by atoms with Crippen LogP contribution in [0.2, 0.25) is 0 Å². The van der Waals surface area contributed by atoms with Gasteiger partial charge in [0.15, 0.2) is 0 Å². The Morgan fingerprint density at radius 3 is 3.10 bits per heavy atom. The smallest absolute Gasteiger partial charge is 0.257 e. The Labute approximate surface area is 123 Å². The third kappa shape index (κ3) is 2.42. The van der Waals surface area contributed by atoms with Gasteiger partial charge in [-0.1, -0.05) is 18.2 Å². The average molecular weight is 292 g/mol. The van der Waals surface area contributed by atoms with Gasteiger partial charge in [-0.3, -0.25) is 4.79 Å². The summed E-state index contributed by atoms with van der Waals surface area (Å²) in [5.41, 5.74) is 1.45. The molecule has 20 heavy (non-hydrogen) atoms. The van der Waals surface area contributed by atoms with Crippen LogP contribution in [0.3, 0.4) is 0 Å². The second kappa shape index (κ2) is 5.88. The number of alkyl halides is 1. The van der Waals surface area contributed by atoms with Crippen LogP contribution in [0.1, 0.15) is 36.0 Å². The number of fused-ring (bicyclic) bond motifs is 1. The number of nitrogens with zero attached hydrogens (tertiary/aromatic N) is 1. The molecule has 3 nitrogen and oxygen atoms in total. The van der Waals surface area contributed by atoms with Crippen LogP contribution in [-0.4, -0.2) is 29.3 Å². The van der Waals surface area contributed by atoms with Crippen molar-refractivity contribution >= 4 is 28.5 Å². The maximum Gasteiger partial charge on any atom is 0.257 e. The lowest BCUT2D eigenvalue weighted by atomic mass is 10.1. The van der Waals surface area contributed by atoms with Crippen LogP contribution < -0.4 is 0 Å². The number of rotatable bonds is 4. The molecule has 1 aromatic carbocycles. The summed E-state index contributed by atoms with van der Waals surface area (Å²) in [6.45, 7) is 0.839. The molecule has 1 atom stereocenters. The van der Waals surface area contributed by atoms with Crippen molar-refractivity contribution in [2.24, 2.45) is 0 Å². The van der Waals surface area contributed by atoms with Gasteiger partial charge in [0.2, 0.25) is 0 Å². The third-order valence-corrected chi connectivity index (χ3v) is 4.29. The van der Waals surface area contributed by atoms with Crippen LogP contribution in [0.4, 0.5) is 0 Å². The molecule has 1 unspecified atom stereocenters. The number of furan rings is 1. The Morgan fingerprint density at radius 1 is 1.40 bits per heavy atom. The van der Waals surface area contributed by atoms with Gasteiger partial charge in [0.05, 0.1) is 5.56 Å². The van der Waals surface area contributed by atoms with E-state index < -0.39 is 0 Å². The molecule has 1 aliphatic rings. The van der Waals surface area contributed by atoms with Crippen molar-refractivity contribution in [3.05, 3.63) is 36.1 Å². The van der Waals surface area contributed by atoms with Gasteiger partial charge >= 0.3 is 0 Å². The van der Waals surface area contributed by atoms with Crippen LogP contribution in [0.25, 0.3) is 11.0 Å². The van der Waals surface area contributed by atoms with E-state index in [4.69, 9.17) is 16.0 Å².